The molecule has 1 saturated heterocycles. The second-order valence-corrected chi connectivity index (χ2v) is 5.63. The van der Waals surface area contributed by atoms with Gasteiger partial charge in [-0.15, -0.1) is 0 Å². The van der Waals surface area contributed by atoms with E-state index >= 15 is 0 Å². The van der Waals surface area contributed by atoms with Gasteiger partial charge >= 0.3 is 5.97 Å². The van der Waals surface area contributed by atoms with Gasteiger partial charge in [-0.2, -0.15) is 0 Å². The number of likely N-dealkylation sites (tertiary alicyclic amines) is 1. The fourth-order valence-electron chi connectivity index (χ4n) is 2.57. The molecule has 0 amide bonds. The van der Waals surface area contributed by atoms with Crippen molar-refractivity contribution in [3.8, 4) is 0 Å². The molecule has 1 aromatic carbocycles. The largest absolute Gasteiger partial charge is 0.481 e. The average Bonchev–Trinajstić information content (AvgIpc) is 2.39. The number of carbonyl (C=O) groups is 1. The van der Waals surface area contributed by atoms with Crippen molar-refractivity contribution in [2.45, 2.75) is 32.7 Å². The van der Waals surface area contributed by atoms with Gasteiger partial charge in [-0.3, -0.25) is 9.69 Å². The summed E-state index contributed by atoms with van der Waals surface area (Å²) in [5.41, 5.74) is 0.472. The molecule has 3 nitrogen and oxygen atoms in total. The minimum atomic E-state index is -0.707. The van der Waals surface area contributed by atoms with Crippen molar-refractivity contribution in [3.63, 3.8) is 0 Å². The van der Waals surface area contributed by atoms with Gasteiger partial charge in [-0.25, -0.2) is 4.39 Å². The Morgan fingerprint density at radius 3 is 2.32 bits per heavy atom. The van der Waals surface area contributed by atoms with E-state index in [9.17, 15) is 14.3 Å². The fraction of sp³-hybridized carbons (Fsp3) is 0.533. The minimum absolute atomic E-state index is 0.193. The predicted molar refractivity (Wildman–Crippen MR) is 71.4 cm³/mol. The normalized spacial score (nSPS) is 21.0. The lowest BCUT2D eigenvalue weighted by atomic mass is 9.80. The van der Waals surface area contributed by atoms with Gasteiger partial charge in [0.25, 0.3) is 0 Å². The highest BCUT2D eigenvalue weighted by atomic mass is 19.1. The highest BCUT2D eigenvalue weighted by Gasteiger charge is 2.37. The maximum absolute atomic E-state index is 12.9. The SMILES string of the molecule is CC(c1ccc(F)cc1)N1CCC(C)(C(=O)O)CC1. The van der Waals surface area contributed by atoms with Crippen LogP contribution in [0.25, 0.3) is 0 Å². The van der Waals surface area contributed by atoms with Crippen molar-refractivity contribution in [2.75, 3.05) is 13.1 Å². The second-order valence-electron chi connectivity index (χ2n) is 5.63. The quantitative estimate of drug-likeness (QED) is 0.913. The summed E-state index contributed by atoms with van der Waals surface area (Å²) < 4.78 is 12.9. The fourth-order valence-corrected chi connectivity index (χ4v) is 2.57. The molecule has 1 fully saturated rings. The summed E-state index contributed by atoms with van der Waals surface area (Å²) in [4.78, 5) is 13.5. The zero-order valence-corrected chi connectivity index (χ0v) is 11.4. The Morgan fingerprint density at radius 2 is 1.84 bits per heavy atom. The molecule has 2 rings (SSSR count). The Labute approximate surface area is 113 Å². The van der Waals surface area contributed by atoms with Crippen molar-refractivity contribution in [1.82, 2.24) is 4.90 Å². The molecule has 4 heteroatoms. The second kappa shape index (κ2) is 5.29. The predicted octanol–water partition coefficient (Wildman–Crippen LogP) is 3.07. The van der Waals surface area contributed by atoms with Gasteiger partial charge in [0.1, 0.15) is 5.82 Å². The van der Waals surface area contributed by atoms with Crippen LogP contribution in [0.3, 0.4) is 0 Å². The zero-order valence-electron chi connectivity index (χ0n) is 11.4. The monoisotopic (exact) mass is 265 g/mol. The van der Waals surface area contributed by atoms with Crippen LogP contribution in [0.5, 0.6) is 0 Å². The van der Waals surface area contributed by atoms with E-state index < -0.39 is 11.4 Å². The van der Waals surface area contributed by atoms with Gasteiger partial charge in [-0.05, 0) is 57.5 Å². The average molecular weight is 265 g/mol. The van der Waals surface area contributed by atoms with E-state index in [1.807, 2.05) is 6.92 Å². The van der Waals surface area contributed by atoms with Crippen LogP contribution < -0.4 is 0 Å². The maximum atomic E-state index is 12.9. The standard InChI is InChI=1S/C15H20FNO2/c1-11(12-3-5-13(16)6-4-12)17-9-7-15(2,8-10-17)14(18)19/h3-6,11H,7-10H2,1-2H3,(H,18,19). The molecule has 0 saturated carbocycles. The first-order valence-electron chi connectivity index (χ1n) is 6.65. The van der Waals surface area contributed by atoms with Crippen LogP contribution in [-0.4, -0.2) is 29.1 Å². The van der Waals surface area contributed by atoms with Gasteiger partial charge in [0.15, 0.2) is 0 Å². The Bertz CT molecular complexity index is 450. The van der Waals surface area contributed by atoms with E-state index in [1.165, 1.54) is 12.1 Å². The van der Waals surface area contributed by atoms with Crippen LogP contribution in [-0.2, 0) is 4.79 Å². The lowest BCUT2D eigenvalue weighted by Gasteiger charge is -2.39. The summed E-state index contributed by atoms with van der Waals surface area (Å²) in [6, 6.07) is 6.73. The molecular weight excluding hydrogens is 245 g/mol. The van der Waals surface area contributed by atoms with Crippen molar-refractivity contribution in [1.29, 1.82) is 0 Å². The molecule has 0 bridgehead atoms. The Hall–Kier alpha value is -1.42. The number of benzene rings is 1. The zero-order chi connectivity index (χ0) is 14.0. The summed E-state index contributed by atoms with van der Waals surface area (Å²) in [6.45, 7) is 5.43. The third-order valence-electron chi connectivity index (χ3n) is 4.32. The molecule has 0 spiro atoms. The molecule has 1 atom stereocenters. The number of carboxylic acids is 1. The maximum Gasteiger partial charge on any atom is 0.309 e. The topological polar surface area (TPSA) is 40.5 Å². The van der Waals surface area contributed by atoms with Gasteiger partial charge in [0, 0.05) is 6.04 Å². The van der Waals surface area contributed by atoms with Crippen molar-refractivity contribution >= 4 is 5.97 Å². The molecule has 1 aliphatic rings. The lowest BCUT2D eigenvalue weighted by molar-refractivity contribution is -0.151. The highest BCUT2D eigenvalue weighted by Crippen LogP contribution is 2.34. The van der Waals surface area contributed by atoms with Crippen molar-refractivity contribution in [2.24, 2.45) is 5.41 Å². The molecule has 0 aliphatic carbocycles. The lowest BCUT2D eigenvalue weighted by Crippen LogP contribution is -2.43. The number of piperidine rings is 1. The summed E-state index contributed by atoms with van der Waals surface area (Å²) in [7, 11) is 0. The molecule has 0 aromatic heterocycles. The van der Waals surface area contributed by atoms with Gasteiger partial charge < -0.3 is 5.11 Å². The molecule has 1 aromatic rings. The van der Waals surface area contributed by atoms with Crippen molar-refractivity contribution < 1.29 is 14.3 Å². The Morgan fingerprint density at radius 1 is 1.32 bits per heavy atom. The summed E-state index contributed by atoms with van der Waals surface area (Å²) in [6.07, 6.45) is 1.32. The molecule has 1 unspecified atom stereocenters. The molecular formula is C15H20FNO2. The number of nitrogens with zero attached hydrogens (tertiary/aromatic N) is 1. The number of rotatable bonds is 3. The van der Waals surface area contributed by atoms with Crippen LogP contribution >= 0.6 is 0 Å². The van der Waals surface area contributed by atoms with E-state index in [4.69, 9.17) is 0 Å². The number of hydrogen-bond acceptors (Lipinski definition) is 2. The van der Waals surface area contributed by atoms with Crippen LogP contribution in [0, 0.1) is 11.2 Å². The number of carboxylic acid groups (broad SMARTS) is 1. The molecule has 0 radical (unpaired) electrons. The van der Waals surface area contributed by atoms with E-state index in [0.29, 0.717) is 12.8 Å². The molecule has 104 valence electrons. The smallest absolute Gasteiger partial charge is 0.309 e. The third-order valence-corrected chi connectivity index (χ3v) is 4.32. The minimum Gasteiger partial charge on any atom is -0.481 e. The van der Waals surface area contributed by atoms with E-state index in [0.717, 1.165) is 18.7 Å². The first kappa shape index (κ1) is 14.0. The van der Waals surface area contributed by atoms with Crippen LogP contribution in [0.2, 0.25) is 0 Å². The Kier molecular flexibility index (Phi) is 3.90. The van der Waals surface area contributed by atoms with Crippen LogP contribution in [0.15, 0.2) is 24.3 Å². The summed E-state index contributed by atoms with van der Waals surface area (Å²) >= 11 is 0. The number of aliphatic carboxylic acids is 1. The van der Waals surface area contributed by atoms with Gasteiger partial charge in [0.2, 0.25) is 0 Å². The third kappa shape index (κ3) is 2.95. The van der Waals surface area contributed by atoms with Crippen molar-refractivity contribution in [3.05, 3.63) is 35.6 Å². The number of hydrogen-bond donors (Lipinski definition) is 1. The van der Waals surface area contributed by atoms with E-state index in [1.54, 1.807) is 12.1 Å². The molecule has 19 heavy (non-hydrogen) atoms. The summed E-state index contributed by atoms with van der Waals surface area (Å²) in [5, 5.41) is 9.21. The molecule has 1 aliphatic heterocycles. The van der Waals surface area contributed by atoms with E-state index in [2.05, 4.69) is 11.8 Å². The molecule has 1 N–H and O–H groups in total. The first-order chi connectivity index (χ1) is 8.92. The first-order valence-corrected chi connectivity index (χ1v) is 6.65. The van der Waals surface area contributed by atoms with Gasteiger partial charge in [0.05, 0.1) is 5.41 Å². The van der Waals surface area contributed by atoms with E-state index in [-0.39, 0.29) is 11.9 Å². The highest BCUT2D eigenvalue weighted by molar-refractivity contribution is 5.74. The van der Waals surface area contributed by atoms with Gasteiger partial charge in [-0.1, -0.05) is 12.1 Å². The molecule has 1 heterocycles. The Balaban J connectivity index is 2.01. The number of halogens is 1. The van der Waals surface area contributed by atoms with Crippen LogP contribution in [0.1, 0.15) is 38.3 Å². The summed E-state index contributed by atoms with van der Waals surface area (Å²) in [5.74, 6) is -0.936. The van der Waals surface area contributed by atoms with Crippen LogP contribution in [0.4, 0.5) is 4.39 Å².